The molecule has 1 saturated heterocycles. The molecule has 94 valence electrons. The van der Waals surface area contributed by atoms with Gasteiger partial charge in [-0.1, -0.05) is 15.9 Å². The first-order chi connectivity index (χ1) is 7.91. The number of sulfonamides is 1. The van der Waals surface area contributed by atoms with Gasteiger partial charge in [0, 0.05) is 11.1 Å². The van der Waals surface area contributed by atoms with Crippen molar-refractivity contribution < 1.29 is 13.2 Å². The molecule has 1 N–H and O–H groups in total. The molecule has 2 rings (SSSR count). The number of benzene rings is 1. The molecule has 0 radical (unpaired) electrons. The van der Waals surface area contributed by atoms with Crippen LogP contribution in [0.25, 0.3) is 0 Å². The van der Waals surface area contributed by atoms with Crippen LogP contribution >= 0.6 is 15.9 Å². The molecule has 1 aromatic rings. The highest BCUT2D eigenvalue weighted by Crippen LogP contribution is 2.22. The van der Waals surface area contributed by atoms with Gasteiger partial charge < -0.3 is 4.74 Å². The molecule has 1 aromatic carbocycles. The number of ether oxygens (including phenoxy) is 1. The van der Waals surface area contributed by atoms with E-state index in [1.54, 1.807) is 24.3 Å². The molecule has 1 heterocycles. The quantitative estimate of drug-likeness (QED) is 0.925. The first kappa shape index (κ1) is 13.0. The van der Waals surface area contributed by atoms with Crippen molar-refractivity contribution in [3.8, 4) is 0 Å². The number of hydrogen-bond donors (Lipinski definition) is 1. The summed E-state index contributed by atoms with van der Waals surface area (Å²) in [5, 5.41) is 0. The maximum absolute atomic E-state index is 12.1. The molecule has 0 amide bonds. The van der Waals surface area contributed by atoms with Crippen LogP contribution in [-0.2, 0) is 14.8 Å². The fourth-order valence-electron chi connectivity index (χ4n) is 1.74. The Hall–Kier alpha value is -0.430. The zero-order valence-electron chi connectivity index (χ0n) is 9.44. The molecule has 0 saturated carbocycles. The highest BCUT2D eigenvalue weighted by molar-refractivity contribution is 9.10. The van der Waals surface area contributed by atoms with Crippen LogP contribution in [0.15, 0.2) is 33.6 Å². The van der Waals surface area contributed by atoms with E-state index in [9.17, 15) is 8.42 Å². The third kappa shape index (κ3) is 3.07. The predicted molar refractivity (Wildman–Crippen MR) is 68.3 cm³/mol. The summed E-state index contributed by atoms with van der Waals surface area (Å²) in [5.41, 5.74) is -0.494. The lowest BCUT2D eigenvalue weighted by atomic mass is 10.0. The molecule has 0 spiro atoms. The molecule has 0 aromatic heterocycles. The lowest BCUT2D eigenvalue weighted by Crippen LogP contribution is -2.46. The van der Waals surface area contributed by atoms with E-state index in [1.165, 1.54) is 0 Å². The van der Waals surface area contributed by atoms with Gasteiger partial charge in [-0.2, -0.15) is 0 Å². The maximum atomic E-state index is 12.1. The van der Waals surface area contributed by atoms with Crippen LogP contribution in [0.1, 0.15) is 13.3 Å². The van der Waals surface area contributed by atoms with Crippen molar-refractivity contribution in [1.29, 1.82) is 0 Å². The lowest BCUT2D eigenvalue weighted by Gasteiger charge is -2.23. The molecule has 1 atom stereocenters. The van der Waals surface area contributed by atoms with Crippen LogP contribution in [0.5, 0.6) is 0 Å². The van der Waals surface area contributed by atoms with Crippen LogP contribution in [0, 0.1) is 0 Å². The van der Waals surface area contributed by atoms with Gasteiger partial charge in [0.2, 0.25) is 10.0 Å². The van der Waals surface area contributed by atoms with E-state index in [2.05, 4.69) is 20.7 Å². The minimum absolute atomic E-state index is 0.272. The summed E-state index contributed by atoms with van der Waals surface area (Å²) in [6.45, 7) is 2.87. The Bertz CT molecular complexity index is 492. The highest BCUT2D eigenvalue weighted by atomic mass is 79.9. The average Bonchev–Trinajstić information content (AvgIpc) is 2.64. The van der Waals surface area contributed by atoms with Crippen molar-refractivity contribution in [3.63, 3.8) is 0 Å². The molecule has 1 aliphatic heterocycles. The Labute approximate surface area is 110 Å². The number of nitrogens with one attached hydrogen (secondary N) is 1. The summed E-state index contributed by atoms with van der Waals surface area (Å²) in [6.07, 6.45) is 0.697. The Balaban J connectivity index is 2.22. The normalized spacial score (nSPS) is 25.1. The second kappa shape index (κ2) is 4.68. The average molecular weight is 320 g/mol. The first-order valence-electron chi connectivity index (χ1n) is 5.29. The van der Waals surface area contributed by atoms with Crippen LogP contribution in [0.2, 0.25) is 0 Å². The van der Waals surface area contributed by atoms with Gasteiger partial charge in [-0.25, -0.2) is 13.1 Å². The van der Waals surface area contributed by atoms with Crippen LogP contribution < -0.4 is 4.72 Å². The van der Waals surface area contributed by atoms with E-state index in [4.69, 9.17) is 4.74 Å². The Morgan fingerprint density at radius 3 is 2.53 bits per heavy atom. The SMILES string of the molecule is CC1(NS(=O)(=O)c2ccc(Br)cc2)CCOC1. The van der Waals surface area contributed by atoms with Gasteiger partial charge in [0.25, 0.3) is 0 Å². The van der Waals surface area contributed by atoms with Gasteiger partial charge >= 0.3 is 0 Å². The fraction of sp³-hybridized carbons (Fsp3) is 0.455. The number of hydrogen-bond acceptors (Lipinski definition) is 3. The van der Waals surface area contributed by atoms with Crippen molar-refractivity contribution in [1.82, 2.24) is 4.72 Å². The Kier molecular flexibility index (Phi) is 3.58. The van der Waals surface area contributed by atoms with E-state index in [0.29, 0.717) is 19.6 Å². The summed E-state index contributed by atoms with van der Waals surface area (Å²) < 4.78 is 33.0. The fourth-order valence-corrected chi connectivity index (χ4v) is 3.43. The van der Waals surface area contributed by atoms with Crippen molar-refractivity contribution >= 4 is 26.0 Å². The van der Waals surface area contributed by atoms with E-state index in [-0.39, 0.29) is 4.90 Å². The summed E-state index contributed by atoms with van der Waals surface area (Å²) in [5.74, 6) is 0. The molecule has 17 heavy (non-hydrogen) atoms. The molecule has 1 aliphatic rings. The highest BCUT2D eigenvalue weighted by Gasteiger charge is 2.34. The zero-order valence-corrected chi connectivity index (χ0v) is 11.8. The van der Waals surface area contributed by atoms with Crippen molar-refractivity contribution in [3.05, 3.63) is 28.7 Å². The minimum Gasteiger partial charge on any atom is -0.379 e. The van der Waals surface area contributed by atoms with Gasteiger partial charge in [0.15, 0.2) is 0 Å². The number of rotatable bonds is 3. The van der Waals surface area contributed by atoms with Gasteiger partial charge in [0.1, 0.15) is 0 Å². The van der Waals surface area contributed by atoms with Gasteiger partial charge in [-0.15, -0.1) is 0 Å². The molecular weight excluding hydrogens is 306 g/mol. The van der Waals surface area contributed by atoms with Gasteiger partial charge in [0.05, 0.1) is 17.0 Å². The molecule has 6 heteroatoms. The monoisotopic (exact) mass is 319 g/mol. The lowest BCUT2D eigenvalue weighted by molar-refractivity contribution is 0.178. The van der Waals surface area contributed by atoms with E-state index in [0.717, 1.165) is 4.47 Å². The predicted octanol–water partition coefficient (Wildman–Crippen LogP) is 1.91. The first-order valence-corrected chi connectivity index (χ1v) is 7.56. The Morgan fingerprint density at radius 2 is 2.00 bits per heavy atom. The third-order valence-electron chi connectivity index (χ3n) is 2.72. The second-order valence-electron chi connectivity index (χ2n) is 4.42. The van der Waals surface area contributed by atoms with Gasteiger partial charge in [-0.3, -0.25) is 0 Å². The summed E-state index contributed by atoms with van der Waals surface area (Å²) in [6, 6.07) is 6.57. The summed E-state index contributed by atoms with van der Waals surface area (Å²) >= 11 is 3.28. The Morgan fingerprint density at radius 1 is 1.35 bits per heavy atom. The molecular formula is C11H14BrNO3S. The zero-order chi connectivity index (χ0) is 12.5. The molecule has 4 nitrogen and oxygen atoms in total. The molecule has 1 fully saturated rings. The standard InChI is InChI=1S/C11H14BrNO3S/c1-11(6-7-16-8-11)13-17(14,15)10-4-2-9(12)3-5-10/h2-5,13H,6-8H2,1H3. The summed E-state index contributed by atoms with van der Waals surface area (Å²) in [4.78, 5) is 0.272. The molecule has 0 bridgehead atoms. The number of halogens is 1. The van der Waals surface area contributed by atoms with Crippen molar-refractivity contribution in [2.24, 2.45) is 0 Å². The minimum atomic E-state index is -3.47. The van der Waals surface area contributed by atoms with Gasteiger partial charge in [-0.05, 0) is 37.6 Å². The van der Waals surface area contributed by atoms with Crippen molar-refractivity contribution in [2.45, 2.75) is 23.8 Å². The molecule has 0 aliphatic carbocycles. The topological polar surface area (TPSA) is 55.4 Å². The maximum Gasteiger partial charge on any atom is 0.241 e. The smallest absolute Gasteiger partial charge is 0.241 e. The van der Waals surface area contributed by atoms with E-state index >= 15 is 0 Å². The summed E-state index contributed by atoms with van der Waals surface area (Å²) in [7, 11) is -3.47. The second-order valence-corrected chi connectivity index (χ2v) is 7.02. The van der Waals surface area contributed by atoms with Crippen LogP contribution in [0.4, 0.5) is 0 Å². The van der Waals surface area contributed by atoms with E-state index < -0.39 is 15.6 Å². The van der Waals surface area contributed by atoms with Crippen LogP contribution in [-0.4, -0.2) is 27.2 Å². The van der Waals surface area contributed by atoms with E-state index in [1.807, 2.05) is 6.92 Å². The van der Waals surface area contributed by atoms with Crippen LogP contribution in [0.3, 0.4) is 0 Å². The largest absolute Gasteiger partial charge is 0.379 e. The van der Waals surface area contributed by atoms with Crippen molar-refractivity contribution in [2.75, 3.05) is 13.2 Å². The third-order valence-corrected chi connectivity index (χ3v) is 4.91. The molecule has 1 unspecified atom stereocenters.